The van der Waals surface area contributed by atoms with Gasteiger partial charge in [-0.05, 0) is 31.2 Å². The monoisotopic (exact) mass is 494 g/mol. The van der Waals surface area contributed by atoms with Crippen LogP contribution in [-0.2, 0) is 10.5 Å². The van der Waals surface area contributed by atoms with Crippen LogP contribution in [0.2, 0.25) is 0 Å². The topological polar surface area (TPSA) is 115 Å². The van der Waals surface area contributed by atoms with Crippen LogP contribution >= 0.6 is 23.5 Å². The maximum absolute atomic E-state index is 12.6. The lowest BCUT2D eigenvalue weighted by molar-refractivity contribution is -0.113. The van der Waals surface area contributed by atoms with Crippen LogP contribution in [0.25, 0.3) is 5.69 Å². The predicted octanol–water partition coefficient (Wildman–Crippen LogP) is 3.69. The fraction of sp³-hybridized carbons (Fsp3) is 0.174. The van der Waals surface area contributed by atoms with Gasteiger partial charge in [-0.15, -0.1) is 10.2 Å². The number of thioether (sulfide) groups is 2. The zero-order valence-corrected chi connectivity index (χ0v) is 20.2. The van der Waals surface area contributed by atoms with Crippen LogP contribution in [0.15, 0.2) is 75.8 Å². The van der Waals surface area contributed by atoms with E-state index in [2.05, 4.69) is 25.5 Å². The zero-order chi connectivity index (χ0) is 23.9. The Labute approximate surface area is 204 Å². The van der Waals surface area contributed by atoms with Gasteiger partial charge >= 0.3 is 0 Å². The first-order chi connectivity index (χ1) is 16.5. The lowest BCUT2D eigenvalue weighted by atomic mass is 10.3. The van der Waals surface area contributed by atoms with E-state index in [-0.39, 0.29) is 17.2 Å². The second kappa shape index (κ2) is 11.0. The molecule has 0 atom stereocenters. The van der Waals surface area contributed by atoms with Crippen molar-refractivity contribution in [1.82, 2.24) is 24.7 Å². The van der Waals surface area contributed by atoms with Gasteiger partial charge < -0.3 is 15.0 Å². The number of para-hydroxylation sites is 3. The van der Waals surface area contributed by atoms with Crippen molar-refractivity contribution in [2.24, 2.45) is 0 Å². The van der Waals surface area contributed by atoms with E-state index in [9.17, 15) is 9.59 Å². The highest BCUT2D eigenvalue weighted by Gasteiger charge is 2.17. The number of hydrogen-bond donors (Lipinski definition) is 2. The van der Waals surface area contributed by atoms with Gasteiger partial charge in [0.15, 0.2) is 10.3 Å². The Morgan fingerprint density at radius 3 is 2.62 bits per heavy atom. The highest BCUT2D eigenvalue weighted by Crippen LogP contribution is 2.27. The number of aromatic amines is 1. The zero-order valence-electron chi connectivity index (χ0n) is 18.5. The number of anilines is 1. The molecule has 0 radical (unpaired) electrons. The van der Waals surface area contributed by atoms with Crippen LogP contribution in [0.3, 0.4) is 0 Å². The van der Waals surface area contributed by atoms with Crippen LogP contribution in [-0.4, -0.2) is 43.5 Å². The summed E-state index contributed by atoms with van der Waals surface area (Å²) in [6, 6.07) is 18.4. The van der Waals surface area contributed by atoms with E-state index in [0.717, 1.165) is 5.69 Å². The number of aryl methyl sites for hydroxylation is 1. The van der Waals surface area contributed by atoms with Crippen LogP contribution < -0.4 is 15.6 Å². The van der Waals surface area contributed by atoms with Gasteiger partial charge in [0.2, 0.25) is 5.91 Å². The molecule has 0 aliphatic rings. The third-order valence-electron chi connectivity index (χ3n) is 4.61. The van der Waals surface area contributed by atoms with Crippen molar-refractivity contribution in [1.29, 1.82) is 0 Å². The molecule has 0 unspecified atom stereocenters. The molecule has 0 bridgehead atoms. The van der Waals surface area contributed by atoms with Crippen molar-refractivity contribution < 1.29 is 9.53 Å². The van der Waals surface area contributed by atoms with E-state index in [1.807, 2.05) is 47.0 Å². The van der Waals surface area contributed by atoms with E-state index in [1.54, 1.807) is 26.2 Å². The van der Waals surface area contributed by atoms with Crippen molar-refractivity contribution in [2.75, 3.05) is 18.2 Å². The second-order valence-corrected chi connectivity index (χ2v) is 8.99. The molecule has 0 aliphatic carbocycles. The maximum atomic E-state index is 12.6. The third kappa shape index (κ3) is 5.86. The fourth-order valence-corrected chi connectivity index (χ4v) is 4.75. The van der Waals surface area contributed by atoms with Crippen molar-refractivity contribution in [3.8, 4) is 11.4 Å². The molecule has 1 amide bonds. The number of ether oxygens (including phenoxy) is 1. The number of amides is 1. The summed E-state index contributed by atoms with van der Waals surface area (Å²) in [7, 11) is 1.56. The normalized spacial score (nSPS) is 10.8. The Morgan fingerprint density at radius 2 is 1.85 bits per heavy atom. The summed E-state index contributed by atoms with van der Waals surface area (Å²) in [5.74, 6) is 1.66. The molecule has 174 valence electrons. The Bertz CT molecular complexity index is 1340. The van der Waals surface area contributed by atoms with E-state index >= 15 is 0 Å². The van der Waals surface area contributed by atoms with Gasteiger partial charge in [0, 0.05) is 17.4 Å². The molecule has 34 heavy (non-hydrogen) atoms. The Balaban J connectivity index is 1.51. The van der Waals surface area contributed by atoms with Gasteiger partial charge in [-0.1, -0.05) is 53.9 Å². The molecule has 2 aromatic carbocycles. The summed E-state index contributed by atoms with van der Waals surface area (Å²) >= 11 is 2.65. The number of methoxy groups -OCH3 is 1. The first-order valence-corrected chi connectivity index (χ1v) is 12.3. The highest BCUT2D eigenvalue weighted by atomic mass is 32.2. The number of hydrogen-bond acceptors (Lipinski definition) is 8. The third-order valence-corrected chi connectivity index (χ3v) is 6.41. The number of H-pyrrole nitrogens is 1. The Hall–Kier alpha value is -3.57. The molecule has 0 saturated heterocycles. The van der Waals surface area contributed by atoms with Crippen molar-refractivity contribution in [3.63, 3.8) is 0 Å². The molecule has 11 heteroatoms. The number of carbonyl (C=O) groups is 1. The smallest absolute Gasteiger partial charge is 0.251 e. The summed E-state index contributed by atoms with van der Waals surface area (Å²) in [6.45, 7) is 1.77. The average Bonchev–Trinajstić information content (AvgIpc) is 3.24. The van der Waals surface area contributed by atoms with Crippen LogP contribution in [0, 0.1) is 6.92 Å². The summed E-state index contributed by atoms with van der Waals surface area (Å²) in [5.41, 5.74) is 1.93. The maximum Gasteiger partial charge on any atom is 0.251 e. The van der Waals surface area contributed by atoms with Gasteiger partial charge in [0.1, 0.15) is 11.6 Å². The number of nitrogens with zero attached hydrogens (tertiary/aromatic N) is 4. The summed E-state index contributed by atoms with van der Waals surface area (Å²) < 4.78 is 7.19. The molecule has 2 aromatic heterocycles. The molecule has 0 fully saturated rings. The van der Waals surface area contributed by atoms with Gasteiger partial charge in [-0.3, -0.25) is 14.2 Å². The molecule has 0 spiro atoms. The molecule has 4 rings (SSSR count). The lowest BCUT2D eigenvalue weighted by Crippen LogP contribution is -2.15. The largest absolute Gasteiger partial charge is 0.495 e. The predicted molar refractivity (Wildman–Crippen MR) is 133 cm³/mol. The minimum absolute atomic E-state index is 0.142. The van der Waals surface area contributed by atoms with Gasteiger partial charge in [0.25, 0.3) is 5.56 Å². The number of nitrogens with one attached hydrogen (secondary N) is 2. The van der Waals surface area contributed by atoms with Crippen LogP contribution in [0.4, 0.5) is 5.69 Å². The molecule has 0 aliphatic heterocycles. The van der Waals surface area contributed by atoms with Gasteiger partial charge in [0.05, 0.1) is 24.3 Å². The summed E-state index contributed by atoms with van der Waals surface area (Å²) in [4.78, 5) is 31.4. The van der Waals surface area contributed by atoms with Crippen molar-refractivity contribution in [2.45, 2.75) is 23.0 Å². The number of benzene rings is 2. The average molecular weight is 495 g/mol. The first-order valence-electron chi connectivity index (χ1n) is 10.3. The van der Waals surface area contributed by atoms with E-state index in [4.69, 9.17) is 4.74 Å². The minimum Gasteiger partial charge on any atom is -0.495 e. The summed E-state index contributed by atoms with van der Waals surface area (Å²) in [5, 5.41) is 12.6. The molecule has 2 N–H and O–H groups in total. The highest BCUT2D eigenvalue weighted by molar-refractivity contribution is 7.99. The molecule has 4 aromatic rings. The number of aromatic nitrogens is 5. The van der Waals surface area contributed by atoms with E-state index < -0.39 is 0 Å². The van der Waals surface area contributed by atoms with E-state index in [0.29, 0.717) is 39.0 Å². The SMILES string of the molecule is COc1ccccc1NC(=O)CSc1nnc(CSc2nc(C)cc(=O)[nH]2)n1-c1ccccc1. The second-order valence-electron chi connectivity index (χ2n) is 7.09. The minimum atomic E-state index is -0.197. The van der Waals surface area contributed by atoms with Crippen molar-refractivity contribution in [3.05, 3.63) is 82.5 Å². The Morgan fingerprint density at radius 1 is 1.09 bits per heavy atom. The fourth-order valence-electron chi connectivity index (χ4n) is 3.14. The molecular formula is C23H22N6O3S2. The molecule has 0 saturated carbocycles. The lowest BCUT2D eigenvalue weighted by Gasteiger charge is -2.11. The summed E-state index contributed by atoms with van der Waals surface area (Å²) in [6.07, 6.45) is 0. The first kappa shape index (κ1) is 23.6. The quantitative estimate of drug-likeness (QED) is 0.267. The van der Waals surface area contributed by atoms with Gasteiger partial charge in [-0.25, -0.2) is 4.98 Å². The van der Waals surface area contributed by atoms with Crippen LogP contribution in [0.5, 0.6) is 5.75 Å². The molecule has 2 heterocycles. The number of rotatable bonds is 9. The molecular weight excluding hydrogens is 472 g/mol. The molecule has 9 nitrogen and oxygen atoms in total. The number of carbonyl (C=O) groups excluding carboxylic acids is 1. The Kier molecular flexibility index (Phi) is 7.65. The van der Waals surface area contributed by atoms with Crippen molar-refractivity contribution >= 4 is 35.1 Å². The van der Waals surface area contributed by atoms with Crippen LogP contribution in [0.1, 0.15) is 11.5 Å². The van der Waals surface area contributed by atoms with E-state index in [1.165, 1.54) is 29.6 Å². The van der Waals surface area contributed by atoms with Gasteiger partial charge in [-0.2, -0.15) is 0 Å². The standard InChI is InChI=1S/C23H22N6O3S2/c1-15-12-20(30)26-22(24-15)33-13-19-27-28-23(29(19)16-8-4-3-5-9-16)34-14-21(31)25-17-10-6-7-11-18(17)32-2/h3-12H,13-14H2,1-2H3,(H,25,31)(H,24,26,30).